The molecule has 1 aliphatic carbocycles. The second-order valence-electron chi connectivity index (χ2n) is 5.00. The van der Waals surface area contributed by atoms with Crippen LogP contribution in [0.1, 0.15) is 38.5 Å². The van der Waals surface area contributed by atoms with Crippen molar-refractivity contribution in [3.05, 3.63) is 0 Å². The number of rotatable bonds is 3. The highest BCUT2D eigenvalue weighted by atomic mass is 16.4. The van der Waals surface area contributed by atoms with E-state index >= 15 is 0 Å². The highest BCUT2D eigenvalue weighted by molar-refractivity contribution is 5.71. The molecule has 0 aromatic carbocycles. The molecule has 0 aromatic rings. The number of hydrogen-bond donors (Lipinski definition) is 2. The van der Waals surface area contributed by atoms with E-state index in [0.717, 1.165) is 45.2 Å². The van der Waals surface area contributed by atoms with Crippen LogP contribution in [0.5, 0.6) is 0 Å². The molecule has 2 N–H and O–H groups in total. The molecule has 1 saturated carbocycles. The van der Waals surface area contributed by atoms with Gasteiger partial charge in [0, 0.05) is 0 Å². The number of carboxylic acid groups (broad SMARTS) is 1. The van der Waals surface area contributed by atoms with E-state index in [9.17, 15) is 9.90 Å². The molecular formula is C12H21NO2. The van der Waals surface area contributed by atoms with Crippen LogP contribution in [0, 0.1) is 17.8 Å². The fourth-order valence-electron chi connectivity index (χ4n) is 2.99. The maximum absolute atomic E-state index is 11.3. The van der Waals surface area contributed by atoms with Crippen molar-refractivity contribution in [2.24, 2.45) is 17.8 Å². The largest absolute Gasteiger partial charge is 0.481 e. The van der Waals surface area contributed by atoms with Gasteiger partial charge in [0.05, 0.1) is 5.92 Å². The van der Waals surface area contributed by atoms with Gasteiger partial charge < -0.3 is 10.4 Å². The van der Waals surface area contributed by atoms with Gasteiger partial charge in [0.1, 0.15) is 0 Å². The van der Waals surface area contributed by atoms with Crippen molar-refractivity contribution < 1.29 is 9.90 Å². The Hall–Kier alpha value is -0.570. The minimum Gasteiger partial charge on any atom is -0.481 e. The summed E-state index contributed by atoms with van der Waals surface area (Å²) in [5.74, 6) is 0.290. The highest BCUT2D eigenvalue weighted by Gasteiger charge is 2.38. The molecule has 3 nitrogen and oxygen atoms in total. The lowest BCUT2D eigenvalue weighted by molar-refractivity contribution is -0.147. The van der Waals surface area contributed by atoms with Gasteiger partial charge in [-0.3, -0.25) is 4.79 Å². The predicted molar refractivity (Wildman–Crippen MR) is 58.7 cm³/mol. The van der Waals surface area contributed by atoms with E-state index < -0.39 is 5.97 Å². The summed E-state index contributed by atoms with van der Waals surface area (Å²) in [5.41, 5.74) is 0. The van der Waals surface area contributed by atoms with E-state index in [0.29, 0.717) is 11.8 Å². The maximum Gasteiger partial charge on any atom is 0.307 e. The van der Waals surface area contributed by atoms with Crippen molar-refractivity contribution in [2.45, 2.75) is 38.5 Å². The first-order valence-electron chi connectivity index (χ1n) is 6.22. The quantitative estimate of drug-likeness (QED) is 0.749. The molecule has 0 bridgehead atoms. The van der Waals surface area contributed by atoms with Gasteiger partial charge >= 0.3 is 5.97 Å². The molecule has 1 saturated heterocycles. The van der Waals surface area contributed by atoms with Gasteiger partial charge in [-0.05, 0) is 57.0 Å². The molecule has 86 valence electrons. The Balaban J connectivity index is 1.98. The Labute approximate surface area is 91.2 Å². The summed E-state index contributed by atoms with van der Waals surface area (Å²) in [4.78, 5) is 11.3. The van der Waals surface area contributed by atoms with E-state index in [4.69, 9.17) is 0 Å². The summed E-state index contributed by atoms with van der Waals surface area (Å²) in [6, 6.07) is 0. The smallest absolute Gasteiger partial charge is 0.307 e. The molecule has 0 spiro atoms. The summed E-state index contributed by atoms with van der Waals surface area (Å²) < 4.78 is 0. The Morgan fingerprint density at radius 2 is 1.73 bits per heavy atom. The fourth-order valence-corrected chi connectivity index (χ4v) is 2.99. The third kappa shape index (κ3) is 2.51. The molecule has 1 aliphatic heterocycles. The van der Waals surface area contributed by atoms with E-state index in [1.54, 1.807) is 0 Å². The Morgan fingerprint density at radius 1 is 1.07 bits per heavy atom. The molecule has 3 heteroatoms. The first-order chi connectivity index (χ1) is 7.29. The van der Waals surface area contributed by atoms with Gasteiger partial charge in [0.25, 0.3) is 0 Å². The lowest BCUT2D eigenvalue weighted by Crippen LogP contribution is -2.35. The third-order valence-electron chi connectivity index (χ3n) is 4.07. The lowest BCUT2D eigenvalue weighted by Gasteiger charge is -2.35. The van der Waals surface area contributed by atoms with E-state index in [1.165, 1.54) is 6.42 Å². The summed E-state index contributed by atoms with van der Waals surface area (Å²) in [6.45, 7) is 2.06. The van der Waals surface area contributed by atoms with Crippen molar-refractivity contribution in [1.29, 1.82) is 0 Å². The van der Waals surface area contributed by atoms with Gasteiger partial charge in [-0.15, -0.1) is 0 Å². The summed E-state index contributed by atoms with van der Waals surface area (Å²) >= 11 is 0. The molecule has 0 amide bonds. The van der Waals surface area contributed by atoms with Crippen LogP contribution in [0.4, 0.5) is 0 Å². The lowest BCUT2D eigenvalue weighted by atomic mass is 9.69. The molecular weight excluding hydrogens is 190 g/mol. The Bertz CT molecular complexity index is 218. The van der Waals surface area contributed by atoms with Crippen molar-refractivity contribution in [3.63, 3.8) is 0 Å². The molecule has 2 aliphatic rings. The van der Waals surface area contributed by atoms with Gasteiger partial charge in [-0.2, -0.15) is 0 Å². The highest BCUT2D eigenvalue weighted by Crippen LogP contribution is 2.40. The average Bonchev–Trinajstić information content (AvgIpc) is 2.38. The summed E-state index contributed by atoms with van der Waals surface area (Å²) in [5, 5.41) is 12.7. The average molecular weight is 211 g/mol. The van der Waals surface area contributed by atoms with Crippen molar-refractivity contribution in [1.82, 2.24) is 5.32 Å². The van der Waals surface area contributed by atoms with Crippen molar-refractivity contribution >= 4 is 5.97 Å². The van der Waals surface area contributed by atoms with Crippen LogP contribution in [0.15, 0.2) is 0 Å². The van der Waals surface area contributed by atoms with Crippen molar-refractivity contribution in [2.75, 3.05) is 13.1 Å². The van der Waals surface area contributed by atoms with Crippen LogP contribution < -0.4 is 5.32 Å². The van der Waals surface area contributed by atoms with Crippen LogP contribution in [0.2, 0.25) is 0 Å². The number of nitrogens with one attached hydrogen (secondary N) is 1. The second kappa shape index (κ2) is 4.97. The minimum atomic E-state index is -0.549. The number of aliphatic carboxylic acids is 1. The topological polar surface area (TPSA) is 49.3 Å². The standard InChI is InChI=1S/C12H21NO2/c14-12(15)11(9-3-1-4-9)10-5-2-7-13-8-6-10/h9-11,13H,1-8H2,(H,14,15). The van der Waals surface area contributed by atoms with Crippen LogP contribution >= 0.6 is 0 Å². The van der Waals surface area contributed by atoms with E-state index in [1.807, 2.05) is 0 Å². The third-order valence-corrected chi connectivity index (χ3v) is 4.07. The Morgan fingerprint density at radius 3 is 2.33 bits per heavy atom. The van der Waals surface area contributed by atoms with Crippen molar-refractivity contribution in [3.8, 4) is 0 Å². The molecule has 2 rings (SSSR count). The van der Waals surface area contributed by atoms with Crippen LogP contribution in [0.3, 0.4) is 0 Å². The normalized spacial score (nSPS) is 30.3. The number of carboxylic acids is 1. The number of carbonyl (C=O) groups is 1. The minimum absolute atomic E-state index is 0.0568. The molecule has 0 radical (unpaired) electrons. The van der Waals surface area contributed by atoms with Crippen LogP contribution in [0.25, 0.3) is 0 Å². The molecule has 1 heterocycles. The molecule has 2 fully saturated rings. The fraction of sp³-hybridized carbons (Fsp3) is 0.917. The first kappa shape index (κ1) is 10.9. The summed E-state index contributed by atoms with van der Waals surface area (Å²) in [7, 11) is 0. The molecule has 15 heavy (non-hydrogen) atoms. The number of hydrogen-bond acceptors (Lipinski definition) is 2. The zero-order valence-electron chi connectivity index (χ0n) is 9.24. The zero-order chi connectivity index (χ0) is 10.7. The summed E-state index contributed by atoms with van der Waals surface area (Å²) in [6.07, 6.45) is 6.80. The Kier molecular flexibility index (Phi) is 3.62. The monoisotopic (exact) mass is 211 g/mol. The van der Waals surface area contributed by atoms with Gasteiger partial charge in [-0.1, -0.05) is 6.42 Å². The molecule has 2 unspecified atom stereocenters. The van der Waals surface area contributed by atoms with Crippen LogP contribution in [-0.4, -0.2) is 24.2 Å². The van der Waals surface area contributed by atoms with Gasteiger partial charge in [-0.25, -0.2) is 0 Å². The SMILES string of the molecule is O=C(O)C(C1CCC1)C1CCCNCC1. The first-order valence-corrected chi connectivity index (χ1v) is 6.22. The maximum atomic E-state index is 11.3. The van der Waals surface area contributed by atoms with Gasteiger partial charge in [0.15, 0.2) is 0 Å². The molecule has 2 atom stereocenters. The van der Waals surface area contributed by atoms with E-state index in [-0.39, 0.29) is 5.92 Å². The zero-order valence-corrected chi connectivity index (χ0v) is 9.24. The predicted octanol–water partition coefficient (Wildman–Crippen LogP) is 1.88. The second-order valence-corrected chi connectivity index (χ2v) is 5.00. The van der Waals surface area contributed by atoms with E-state index in [2.05, 4.69) is 5.32 Å². The molecule has 0 aromatic heterocycles. The van der Waals surface area contributed by atoms with Crippen LogP contribution in [-0.2, 0) is 4.79 Å². The van der Waals surface area contributed by atoms with Gasteiger partial charge in [0.2, 0.25) is 0 Å².